The van der Waals surface area contributed by atoms with Crippen molar-refractivity contribution >= 4 is 17.7 Å². The van der Waals surface area contributed by atoms with Gasteiger partial charge in [-0.3, -0.25) is 4.79 Å². The second-order valence-electron chi connectivity index (χ2n) is 4.77. The summed E-state index contributed by atoms with van der Waals surface area (Å²) in [5.74, 6) is 0.147. The lowest BCUT2D eigenvalue weighted by atomic mass is 9.87. The number of β-lactam (4-membered cyclic amide) rings is 1. The molecule has 1 saturated heterocycles. The fraction of sp³-hybridized carbons (Fsp3) is 0.909. The van der Waals surface area contributed by atoms with Crippen LogP contribution in [0, 0.1) is 0 Å². The molecule has 0 bridgehead atoms. The van der Waals surface area contributed by atoms with Crippen molar-refractivity contribution < 1.29 is 4.79 Å². The van der Waals surface area contributed by atoms with Crippen LogP contribution >= 0.6 is 11.8 Å². The van der Waals surface area contributed by atoms with Crippen molar-refractivity contribution in [2.45, 2.75) is 42.9 Å². The number of amides is 1. The van der Waals surface area contributed by atoms with Crippen LogP contribution < -0.4 is 5.73 Å². The summed E-state index contributed by atoms with van der Waals surface area (Å²) in [5, 5.41) is 0. The largest absolute Gasteiger partial charge is 0.338 e. The van der Waals surface area contributed by atoms with Gasteiger partial charge >= 0.3 is 0 Å². The van der Waals surface area contributed by atoms with Crippen LogP contribution in [0.1, 0.15) is 32.1 Å². The molecule has 86 valence electrons. The third-order valence-electron chi connectivity index (χ3n) is 3.72. The Kier molecular flexibility index (Phi) is 3.26. The number of likely N-dealkylation sites (tertiary alicyclic amines) is 1. The van der Waals surface area contributed by atoms with Crippen molar-refractivity contribution in [1.82, 2.24) is 4.90 Å². The Morgan fingerprint density at radius 3 is 2.60 bits per heavy atom. The molecule has 1 heterocycles. The molecular weight excluding hydrogens is 208 g/mol. The molecule has 2 N–H and O–H groups in total. The van der Waals surface area contributed by atoms with Gasteiger partial charge in [0.25, 0.3) is 0 Å². The minimum atomic E-state index is -0.215. The Bertz CT molecular complexity index is 251. The Morgan fingerprint density at radius 1 is 1.47 bits per heavy atom. The number of carbonyl (C=O) groups is 1. The molecule has 1 saturated carbocycles. The van der Waals surface area contributed by atoms with E-state index in [0.717, 1.165) is 13.1 Å². The summed E-state index contributed by atoms with van der Waals surface area (Å²) in [6.45, 7) is 1.68. The third-order valence-corrected chi connectivity index (χ3v) is 5.13. The lowest BCUT2D eigenvalue weighted by Gasteiger charge is -2.45. The van der Waals surface area contributed by atoms with Gasteiger partial charge in [-0.05, 0) is 19.1 Å². The fourth-order valence-corrected chi connectivity index (χ4v) is 3.62. The number of nitrogens with zero attached hydrogens (tertiary/aromatic N) is 1. The molecule has 1 amide bonds. The number of rotatable bonds is 3. The number of thioether (sulfide) groups is 1. The van der Waals surface area contributed by atoms with E-state index in [1.807, 2.05) is 16.7 Å². The first kappa shape index (κ1) is 11.3. The molecule has 0 spiro atoms. The van der Waals surface area contributed by atoms with E-state index < -0.39 is 0 Å². The molecule has 3 nitrogen and oxygen atoms in total. The van der Waals surface area contributed by atoms with Crippen LogP contribution in [-0.2, 0) is 4.79 Å². The van der Waals surface area contributed by atoms with Crippen LogP contribution in [0.4, 0.5) is 0 Å². The van der Waals surface area contributed by atoms with Gasteiger partial charge in [0, 0.05) is 17.8 Å². The minimum absolute atomic E-state index is 0.147. The SMILES string of the molecule is CSC1(CN2CC(N)C2=O)CCCCC1. The van der Waals surface area contributed by atoms with Gasteiger partial charge in [-0.1, -0.05) is 19.3 Å². The van der Waals surface area contributed by atoms with Gasteiger partial charge in [0.2, 0.25) is 5.91 Å². The Labute approximate surface area is 95.8 Å². The summed E-state index contributed by atoms with van der Waals surface area (Å²) in [6, 6.07) is -0.215. The Hall–Kier alpha value is -0.220. The summed E-state index contributed by atoms with van der Waals surface area (Å²) in [6.07, 6.45) is 8.68. The molecule has 2 aliphatic rings. The molecule has 15 heavy (non-hydrogen) atoms. The molecule has 4 heteroatoms. The van der Waals surface area contributed by atoms with Crippen molar-refractivity contribution in [2.24, 2.45) is 5.73 Å². The van der Waals surface area contributed by atoms with Crippen molar-refractivity contribution in [3.8, 4) is 0 Å². The van der Waals surface area contributed by atoms with Gasteiger partial charge in [-0.2, -0.15) is 11.8 Å². The van der Waals surface area contributed by atoms with Crippen LogP contribution in [0.3, 0.4) is 0 Å². The van der Waals surface area contributed by atoms with E-state index in [1.54, 1.807) is 0 Å². The maximum Gasteiger partial charge on any atom is 0.241 e. The van der Waals surface area contributed by atoms with E-state index in [1.165, 1.54) is 32.1 Å². The standard InChI is InChI=1S/C11H20N2OS/c1-15-11(5-3-2-4-6-11)8-13-7-9(12)10(13)14/h9H,2-8,12H2,1H3. The predicted molar refractivity (Wildman–Crippen MR) is 63.9 cm³/mol. The van der Waals surface area contributed by atoms with Crippen LogP contribution in [0.25, 0.3) is 0 Å². The second-order valence-corrected chi connectivity index (χ2v) is 6.05. The van der Waals surface area contributed by atoms with Gasteiger partial charge in [-0.25, -0.2) is 0 Å². The van der Waals surface area contributed by atoms with E-state index in [0.29, 0.717) is 4.75 Å². The van der Waals surface area contributed by atoms with E-state index in [-0.39, 0.29) is 11.9 Å². The molecule has 1 aliphatic carbocycles. The van der Waals surface area contributed by atoms with Crippen molar-refractivity contribution in [1.29, 1.82) is 0 Å². The van der Waals surface area contributed by atoms with Crippen LogP contribution in [0.5, 0.6) is 0 Å². The predicted octanol–water partition coefficient (Wildman–Crippen LogP) is 1.22. The van der Waals surface area contributed by atoms with Gasteiger partial charge in [0.05, 0.1) is 0 Å². The smallest absolute Gasteiger partial charge is 0.241 e. The minimum Gasteiger partial charge on any atom is -0.338 e. The van der Waals surface area contributed by atoms with E-state index in [9.17, 15) is 4.79 Å². The molecule has 1 unspecified atom stereocenters. The quantitative estimate of drug-likeness (QED) is 0.739. The molecule has 2 fully saturated rings. The zero-order valence-corrected chi connectivity index (χ0v) is 10.2. The highest BCUT2D eigenvalue weighted by Gasteiger charge is 2.40. The van der Waals surface area contributed by atoms with E-state index >= 15 is 0 Å². The summed E-state index contributed by atoms with van der Waals surface area (Å²) in [5.41, 5.74) is 5.60. The van der Waals surface area contributed by atoms with E-state index in [2.05, 4.69) is 6.26 Å². The monoisotopic (exact) mass is 228 g/mol. The molecule has 0 aromatic rings. The van der Waals surface area contributed by atoms with Gasteiger partial charge in [-0.15, -0.1) is 0 Å². The number of hydrogen-bond acceptors (Lipinski definition) is 3. The normalized spacial score (nSPS) is 30.1. The van der Waals surface area contributed by atoms with Gasteiger partial charge < -0.3 is 10.6 Å². The summed E-state index contributed by atoms with van der Waals surface area (Å²) in [4.78, 5) is 13.4. The number of nitrogens with two attached hydrogens (primary N) is 1. The highest BCUT2D eigenvalue weighted by Crippen LogP contribution is 2.39. The summed E-state index contributed by atoms with van der Waals surface area (Å²) in [7, 11) is 0. The van der Waals surface area contributed by atoms with Crippen molar-refractivity contribution in [2.75, 3.05) is 19.3 Å². The van der Waals surface area contributed by atoms with Crippen molar-refractivity contribution in [3.05, 3.63) is 0 Å². The fourth-order valence-electron chi connectivity index (χ4n) is 2.64. The topological polar surface area (TPSA) is 46.3 Å². The molecule has 0 radical (unpaired) electrons. The molecule has 1 atom stereocenters. The molecule has 2 rings (SSSR count). The second kappa shape index (κ2) is 4.34. The lowest BCUT2D eigenvalue weighted by Crippen LogP contribution is -2.63. The summed E-state index contributed by atoms with van der Waals surface area (Å²) >= 11 is 1.94. The van der Waals surface area contributed by atoms with Crippen LogP contribution in [-0.4, -0.2) is 40.9 Å². The first-order chi connectivity index (χ1) is 7.17. The third kappa shape index (κ3) is 2.16. The maximum atomic E-state index is 11.5. The van der Waals surface area contributed by atoms with Gasteiger partial charge in [0.15, 0.2) is 0 Å². The number of carbonyl (C=O) groups excluding carboxylic acids is 1. The average molecular weight is 228 g/mol. The Balaban J connectivity index is 1.93. The lowest BCUT2D eigenvalue weighted by molar-refractivity contribution is -0.142. The molecule has 0 aromatic heterocycles. The molecule has 0 aromatic carbocycles. The van der Waals surface area contributed by atoms with Crippen molar-refractivity contribution in [3.63, 3.8) is 0 Å². The maximum absolute atomic E-state index is 11.5. The number of hydrogen-bond donors (Lipinski definition) is 1. The van der Waals surface area contributed by atoms with Crippen LogP contribution in [0.2, 0.25) is 0 Å². The first-order valence-corrected chi connectivity index (χ1v) is 6.99. The highest BCUT2D eigenvalue weighted by atomic mass is 32.2. The van der Waals surface area contributed by atoms with E-state index in [4.69, 9.17) is 5.73 Å². The Morgan fingerprint density at radius 2 is 2.13 bits per heavy atom. The first-order valence-electron chi connectivity index (χ1n) is 5.76. The van der Waals surface area contributed by atoms with Crippen LogP contribution in [0.15, 0.2) is 0 Å². The molecular formula is C11H20N2OS. The average Bonchev–Trinajstić information content (AvgIpc) is 2.29. The zero-order chi connectivity index (χ0) is 10.9. The zero-order valence-electron chi connectivity index (χ0n) is 9.37. The molecule has 1 aliphatic heterocycles. The summed E-state index contributed by atoms with van der Waals surface area (Å²) < 4.78 is 0.327. The van der Waals surface area contributed by atoms with Gasteiger partial charge in [0.1, 0.15) is 6.04 Å². The highest BCUT2D eigenvalue weighted by molar-refractivity contribution is 8.00.